The van der Waals surface area contributed by atoms with Crippen LogP contribution in [0.2, 0.25) is 0 Å². The average Bonchev–Trinajstić information content (AvgIpc) is 3.25. The van der Waals surface area contributed by atoms with E-state index < -0.39 is 0 Å². The Hall–Kier alpha value is -1.58. The number of carbonyl (C=O) groups is 1. The van der Waals surface area contributed by atoms with Crippen LogP contribution in [0.5, 0.6) is 0 Å². The summed E-state index contributed by atoms with van der Waals surface area (Å²) in [5.74, 6) is 0.451. The van der Waals surface area contributed by atoms with E-state index >= 15 is 0 Å². The van der Waals surface area contributed by atoms with Crippen molar-refractivity contribution in [3.05, 3.63) is 22.3 Å². The first-order chi connectivity index (χ1) is 13.0. The van der Waals surface area contributed by atoms with Crippen LogP contribution in [0.3, 0.4) is 0 Å². The molecule has 0 saturated heterocycles. The lowest BCUT2D eigenvalue weighted by molar-refractivity contribution is -0.115. The van der Waals surface area contributed by atoms with Crippen molar-refractivity contribution in [1.29, 1.82) is 0 Å². The minimum Gasteiger partial charge on any atom is -0.300 e. The quantitative estimate of drug-likeness (QED) is 0.415. The van der Waals surface area contributed by atoms with Gasteiger partial charge in [0.05, 0.1) is 5.25 Å². The Labute approximate surface area is 171 Å². The van der Waals surface area contributed by atoms with Gasteiger partial charge in [-0.25, -0.2) is 9.97 Å². The molecule has 1 N–H and O–H groups in total. The topological polar surface area (TPSA) is 80.7 Å². The Kier molecular flexibility index (Phi) is 6.78. The van der Waals surface area contributed by atoms with Gasteiger partial charge in [-0.15, -0.1) is 21.5 Å². The summed E-state index contributed by atoms with van der Waals surface area (Å²) in [6, 6.07) is 2.13. The molecule has 0 aliphatic carbocycles. The minimum absolute atomic E-state index is 0.0625. The van der Waals surface area contributed by atoms with Gasteiger partial charge in [0.1, 0.15) is 21.2 Å². The van der Waals surface area contributed by atoms with Crippen molar-refractivity contribution in [2.24, 2.45) is 5.92 Å². The first-order valence-corrected chi connectivity index (χ1v) is 11.5. The number of aryl methyl sites for hydroxylation is 1. The molecule has 0 fully saturated rings. The van der Waals surface area contributed by atoms with Crippen molar-refractivity contribution < 1.29 is 4.79 Å². The van der Waals surface area contributed by atoms with Crippen molar-refractivity contribution in [3.8, 4) is 0 Å². The lowest BCUT2D eigenvalue weighted by atomic mass is 10.1. The van der Waals surface area contributed by atoms with Gasteiger partial charge in [-0.3, -0.25) is 10.1 Å². The highest BCUT2D eigenvalue weighted by atomic mass is 32.2. The molecule has 9 heteroatoms. The maximum absolute atomic E-state index is 12.7. The number of rotatable bonds is 8. The number of fused-ring (bicyclic) bond motifs is 1. The molecule has 3 aromatic rings. The third kappa shape index (κ3) is 5.03. The van der Waals surface area contributed by atoms with Crippen LogP contribution in [-0.2, 0) is 17.6 Å². The second kappa shape index (κ2) is 9.07. The fourth-order valence-corrected chi connectivity index (χ4v) is 5.48. The summed E-state index contributed by atoms with van der Waals surface area (Å²) in [5.41, 5.74) is 0. The average molecular weight is 422 g/mol. The first-order valence-electron chi connectivity index (χ1n) is 9.03. The summed E-state index contributed by atoms with van der Waals surface area (Å²) in [5, 5.41) is 14.3. The molecular weight excluding hydrogens is 398 g/mol. The van der Waals surface area contributed by atoms with E-state index in [1.165, 1.54) is 28.0 Å². The lowest BCUT2D eigenvalue weighted by Gasteiger charge is -2.13. The van der Waals surface area contributed by atoms with Gasteiger partial charge in [0, 0.05) is 16.7 Å². The van der Waals surface area contributed by atoms with E-state index in [0.717, 1.165) is 33.1 Å². The van der Waals surface area contributed by atoms with Gasteiger partial charge in [0.25, 0.3) is 0 Å². The number of anilines is 1. The van der Waals surface area contributed by atoms with Crippen LogP contribution in [0.15, 0.2) is 17.4 Å². The standard InChI is InChI=1S/C18H23N5OS3/c1-5-11-8-12-16(25-11)19-9-20-17(12)26-13(6-2)15(24)21-18-23-22-14(27-18)7-10(3)4/h8-10,13H,5-7H2,1-4H3,(H,21,23,24). The Bertz CT molecular complexity index is 921. The summed E-state index contributed by atoms with van der Waals surface area (Å²) in [7, 11) is 0. The van der Waals surface area contributed by atoms with Gasteiger partial charge in [-0.2, -0.15) is 0 Å². The van der Waals surface area contributed by atoms with E-state index in [0.29, 0.717) is 17.5 Å². The zero-order valence-electron chi connectivity index (χ0n) is 15.9. The monoisotopic (exact) mass is 421 g/mol. The van der Waals surface area contributed by atoms with Gasteiger partial charge in [-0.05, 0) is 24.8 Å². The fraction of sp³-hybridized carbons (Fsp3) is 0.500. The molecule has 0 radical (unpaired) electrons. The Morgan fingerprint density at radius 3 is 2.74 bits per heavy atom. The smallest absolute Gasteiger partial charge is 0.239 e. The number of aromatic nitrogens is 4. The fourth-order valence-electron chi connectivity index (χ4n) is 2.53. The molecule has 3 heterocycles. The van der Waals surface area contributed by atoms with Crippen molar-refractivity contribution >= 4 is 55.7 Å². The molecule has 0 aliphatic rings. The van der Waals surface area contributed by atoms with Crippen molar-refractivity contribution in [1.82, 2.24) is 20.2 Å². The molecule has 1 unspecified atom stereocenters. The van der Waals surface area contributed by atoms with Crippen LogP contribution in [0.25, 0.3) is 10.2 Å². The van der Waals surface area contributed by atoms with Crippen LogP contribution in [0.4, 0.5) is 5.13 Å². The second-order valence-electron chi connectivity index (χ2n) is 6.57. The molecule has 6 nitrogen and oxygen atoms in total. The van der Waals surface area contributed by atoms with Crippen molar-refractivity contribution in [2.45, 2.75) is 57.2 Å². The molecule has 3 aromatic heterocycles. The summed E-state index contributed by atoms with van der Waals surface area (Å²) in [4.78, 5) is 23.8. The Morgan fingerprint density at radius 1 is 1.22 bits per heavy atom. The van der Waals surface area contributed by atoms with Crippen molar-refractivity contribution in [3.63, 3.8) is 0 Å². The van der Waals surface area contributed by atoms with E-state index in [-0.39, 0.29) is 11.2 Å². The molecular formula is C18H23N5OS3. The van der Waals surface area contributed by atoms with Gasteiger partial charge in [0.15, 0.2) is 0 Å². The summed E-state index contributed by atoms with van der Waals surface area (Å²) in [6.45, 7) is 8.41. The van der Waals surface area contributed by atoms with Crippen LogP contribution >= 0.6 is 34.4 Å². The number of amides is 1. The zero-order chi connectivity index (χ0) is 19.4. The maximum atomic E-state index is 12.7. The molecule has 0 bridgehead atoms. The predicted molar refractivity (Wildman–Crippen MR) is 114 cm³/mol. The molecule has 3 rings (SSSR count). The maximum Gasteiger partial charge on any atom is 0.239 e. The zero-order valence-corrected chi connectivity index (χ0v) is 18.3. The highest BCUT2D eigenvalue weighted by Crippen LogP contribution is 2.34. The highest BCUT2D eigenvalue weighted by Gasteiger charge is 2.22. The number of hydrogen-bond acceptors (Lipinski definition) is 8. The Balaban J connectivity index is 1.72. The lowest BCUT2D eigenvalue weighted by Crippen LogP contribution is -2.24. The van der Waals surface area contributed by atoms with Crippen LogP contribution in [0, 0.1) is 5.92 Å². The minimum atomic E-state index is -0.245. The van der Waals surface area contributed by atoms with E-state index in [1.54, 1.807) is 17.7 Å². The van der Waals surface area contributed by atoms with E-state index in [1.807, 2.05) is 6.92 Å². The van der Waals surface area contributed by atoms with Gasteiger partial charge >= 0.3 is 0 Å². The molecule has 27 heavy (non-hydrogen) atoms. The molecule has 0 spiro atoms. The van der Waals surface area contributed by atoms with E-state index in [2.05, 4.69) is 52.3 Å². The number of nitrogens with zero attached hydrogens (tertiary/aromatic N) is 4. The molecule has 1 atom stereocenters. The van der Waals surface area contributed by atoms with Crippen LogP contribution < -0.4 is 5.32 Å². The third-order valence-corrected chi connectivity index (χ3v) is 7.32. The molecule has 0 aromatic carbocycles. The van der Waals surface area contributed by atoms with Crippen LogP contribution in [0.1, 0.15) is 44.0 Å². The molecule has 144 valence electrons. The van der Waals surface area contributed by atoms with Gasteiger partial charge < -0.3 is 0 Å². The van der Waals surface area contributed by atoms with Gasteiger partial charge in [0.2, 0.25) is 11.0 Å². The van der Waals surface area contributed by atoms with Crippen LogP contribution in [-0.4, -0.2) is 31.3 Å². The highest BCUT2D eigenvalue weighted by molar-refractivity contribution is 8.00. The summed E-state index contributed by atoms with van der Waals surface area (Å²) < 4.78 is 0. The number of thiophene rings is 1. The molecule has 1 amide bonds. The second-order valence-corrected chi connectivity index (χ2v) is 9.94. The third-order valence-electron chi connectivity index (χ3n) is 3.89. The number of thioether (sulfide) groups is 1. The Morgan fingerprint density at radius 2 is 2.04 bits per heavy atom. The molecule has 0 saturated carbocycles. The predicted octanol–water partition coefficient (Wildman–Crippen LogP) is 4.81. The normalized spacial score (nSPS) is 12.6. The van der Waals surface area contributed by atoms with E-state index in [9.17, 15) is 4.79 Å². The largest absolute Gasteiger partial charge is 0.300 e. The van der Waals surface area contributed by atoms with Crippen molar-refractivity contribution in [2.75, 3.05) is 5.32 Å². The molecule has 0 aliphatic heterocycles. The first kappa shape index (κ1) is 20.2. The van der Waals surface area contributed by atoms with Gasteiger partial charge in [-0.1, -0.05) is 50.8 Å². The van der Waals surface area contributed by atoms with E-state index in [4.69, 9.17) is 0 Å². The number of carbonyl (C=O) groups excluding carboxylic acids is 1. The number of nitrogens with one attached hydrogen (secondary N) is 1. The summed E-state index contributed by atoms with van der Waals surface area (Å²) in [6.07, 6.45) is 4.12. The number of hydrogen-bond donors (Lipinski definition) is 1. The SMILES string of the molecule is CCc1cc2c(SC(CC)C(=O)Nc3nnc(CC(C)C)s3)ncnc2s1. The summed E-state index contributed by atoms with van der Waals surface area (Å²) >= 11 is 4.62.